The topological polar surface area (TPSA) is 46.6 Å². The summed E-state index contributed by atoms with van der Waals surface area (Å²) < 4.78 is 31.7. The van der Waals surface area contributed by atoms with Crippen molar-refractivity contribution in [2.24, 2.45) is 0 Å². The Balaban J connectivity index is 2.71. The number of carbonyl (C=O) groups is 2. The van der Waals surface area contributed by atoms with Gasteiger partial charge in [-0.15, -0.1) is 0 Å². The van der Waals surface area contributed by atoms with Crippen molar-refractivity contribution in [3.8, 4) is 0 Å². The Labute approximate surface area is 105 Å². The van der Waals surface area contributed by atoms with Crippen LogP contribution in [0.4, 0.5) is 13.6 Å². The maximum atomic E-state index is 13.3. The van der Waals surface area contributed by atoms with E-state index in [0.29, 0.717) is 6.29 Å². The molecule has 4 nitrogen and oxygen atoms in total. The summed E-state index contributed by atoms with van der Waals surface area (Å²) in [5, 5.41) is 0. The minimum atomic E-state index is -2.90. The van der Waals surface area contributed by atoms with Gasteiger partial charge in [0.15, 0.2) is 0 Å². The third-order valence-corrected chi connectivity index (χ3v) is 2.62. The van der Waals surface area contributed by atoms with Crippen LogP contribution in [0.25, 0.3) is 0 Å². The van der Waals surface area contributed by atoms with E-state index in [1.165, 1.54) is 0 Å². The average Bonchev–Trinajstić information content (AvgIpc) is 2.48. The molecule has 6 heteroatoms. The molecule has 1 aliphatic heterocycles. The number of rotatable bonds is 3. The van der Waals surface area contributed by atoms with Crippen molar-refractivity contribution in [2.45, 2.75) is 57.6 Å². The molecule has 0 aromatic carbocycles. The lowest BCUT2D eigenvalue weighted by atomic mass is 10.1. The standard InChI is InChI=1S/C12H19F2NO3/c1-11(2,3)18-10(17)15-8-12(13,14)7-9(15)5-4-6-16/h6,9H,4-5,7-8H2,1-3H3/t9-/m1/s1. The van der Waals surface area contributed by atoms with Gasteiger partial charge in [0.2, 0.25) is 0 Å². The van der Waals surface area contributed by atoms with Crippen LogP contribution in [0.3, 0.4) is 0 Å². The summed E-state index contributed by atoms with van der Waals surface area (Å²) in [7, 11) is 0. The summed E-state index contributed by atoms with van der Waals surface area (Å²) >= 11 is 0. The maximum Gasteiger partial charge on any atom is 0.410 e. The Morgan fingerprint density at radius 2 is 2.11 bits per heavy atom. The Hall–Kier alpha value is -1.20. The van der Waals surface area contributed by atoms with E-state index in [0.717, 1.165) is 4.90 Å². The summed E-state index contributed by atoms with van der Waals surface area (Å²) in [6, 6.07) is -0.625. The number of hydrogen-bond donors (Lipinski definition) is 0. The lowest BCUT2D eigenvalue weighted by Gasteiger charge is -2.27. The number of amides is 1. The van der Waals surface area contributed by atoms with Gasteiger partial charge >= 0.3 is 6.09 Å². The zero-order valence-corrected chi connectivity index (χ0v) is 10.9. The van der Waals surface area contributed by atoms with Gasteiger partial charge in [-0.05, 0) is 27.2 Å². The molecule has 0 aliphatic carbocycles. The summed E-state index contributed by atoms with van der Waals surface area (Å²) in [6.45, 7) is 4.41. The lowest BCUT2D eigenvalue weighted by molar-refractivity contribution is -0.108. The van der Waals surface area contributed by atoms with E-state index in [-0.39, 0.29) is 12.8 Å². The molecular formula is C12H19F2NO3. The maximum absolute atomic E-state index is 13.3. The van der Waals surface area contributed by atoms with Crippen LogP contribution in [0.5, 0.6) is 0 Å². The smallest absolute Gasteiger partial charge is 0.410 e. The first-order valence-corrected chi connectivity index (χ1v) is 5.96. The molecule has 0 N–H and O–H groups in total. The average molecular weight is 263 g/mol. The third kappa shape index (κ3) is 4.23. The lowest BCUT2D eigenvalue weighted by Crippen LogP contribution is -2.40. The van der Waals surface area contributed by atoms with Crippen LogP contribution >= 0.6 is 0 Å². The molecule has 0 spiro atoms. The molecule has 104 valence electrons. The summed E-state index contributed by atoms with van der Waals surface area (Å²) in [5.74, 6) is -2.90. The normalized spacial score (nSPS) is 22.9. The first-order chi connectivity index (χ1) is 8.14. The van der Waals surface area contributed by atoms with Gasteiger partial charge in [0.25, 0.3) is 5.92 Å². The molecule has 0 radical (unpaired) electrons. The fourth-order valence-electron chi connectivity index (χ4n) is 1.95. The number of alkyl halides is 2. The van der Waals surface area contributed by atoms with E-state index >= 15 is 0 Å². The van der Waals surface area contributed by atoms with Crippen molar-refractivity contribution in [3.63, 3.8) is 0 Å². The van der Waals surface area contributed by atoms with Crippen LogP contribution in [0, 0.1) is 0 Å². The summed E-state index contributed by atoms with van der Waals surface area (Å²) in [6.07, 6.45) is -0.0575. The van der Waals surface area contributed by atoms with Crippen molar-refractivity contribution < 1.29 is 23.1 Å². The van der Waals surface area contributed by atoms with Crippen molar-refractivity contribution in [3.05, 3.63) is 0 Å². The molecule has 0 unspecified atom stereocenters. The van der Waals surface area contributed by atoms with Crippen LogP contribution in [-0.4, -0.2) is 41.4 Å². The van der Waals surface area contributed by atoms with Gasteiger partial charge < -0.3 is 9.53 Å². The second kappa shape index (κ2) is 5.20. The molecule has 1 aliphatic rings. The third-order valence-electron chi connectivity index (χ3n) is 2.62. The van der Waals surface area contributed by atoms with Gasteiger partial charge in [-0.1, -0.05) is 0 Å². The molecule has 0 bridgehead atoms. The van der Waals surface area contributed by atoms with Crippen molar-refractivity contribution in [2.75, 3.05) is 6.54 Å². The van der Waals surface area contributed by atoms with Crippen LogP contribution in [0.15, 0.2) is 0 Å². The number of aldehydes is 1. The quantitative estimate of drug-likeness (QED) is 0.735. The predicted octanol–water partition coefficient (Wildman–Crippen LogP) is 2.61. The monoisotopic (exact) mass is 263 g/mol. The van der Waals surface area contributed by atoms with Crippen LogP contribution < -0.4 is 0 Å². The van der Waals surface area contributed by atoms with Crippen molar-refractivity contribution in [1.29, 1.82) is 0 Å². The SMILES string of the molecule is CC(C)(C)OC(=O)N1CC(F)(F)C[C@H]1CCC=O. The summed E-state index contributed by atoms with van der Waals surface area (Å²) in [4.78, 5) is 23.1. The van der Waals surface area contributed by atoms with Gasteiger partial charge in [-0.25, -0.2) is 13.6 Å². The molecule has 18 heavy (non-hydrogen) atoms. The zero-order chi connectivity index (χ0) is 14.0. The van der Waals surface area contributed by atoms with Crippen LogP contribution in [0.1, 0.15) is 40.0 Å². The molecule has 1 rings (SSSR count). The number of carbonyl (C=O) groups excluding carboxylic acids is 2. The Morgan fingerprint density at radius 1 is 1.50 bits per heavy atom. The second-order valence-corrected chi connectivity index (χ2v) is 5.57. The van der Waals surface area contributed by atoms with E-state index in [2.05, 4.69) is 0 Å². The first-order valence-electron chi connectivity index (χ1n) is 5.96. The molecule has 0 aromatic heterocycles. The van der Waals surface area contributed by atoms with Crippen LogP contribution in [-0.2, 0) is 9.53 Å². The molecule has 0 saturated carbocycles. The molecule has 1 heterocycles. The van der Waals surface area contributed by atoms with Gasteiger partial charge in [-0.3, -0.25) is 4.90 Å². The van der Waals surface area contributed by atoms with Gasteiger partial charge in [-0.2, -0.15) is 0 Å². The highest BCUT2D eigenvalue weighted by molar-refractivity contribution is 5.69. The highest BCUT2D eigenvalue weighted by Gasteiger charge is 2.47. The van der Waals surface area contributed by atoms with Gasteiger partial charge in [0.05, 0.1) is 6.54 Å². The van der Waals surface area contributed by atoms with Gasteiger partial charge in [0.1, 0.15) is 11.9 Å². The Morgan fingerprint density at radius 3 is 2.61 bits per heavy atom. The molecule has 1 saturated heterocycles. The van der Waals surface area contributed by atoms with Crippen molar-refractivity contribution >= 4 is 12.4 Å². The summed E-state index contributed by atoms with van der Waals surface area (Å²) in [5.41, 5.74) is -0.718. The largest absolute Gasteiger partial charge is 0.444 e. The molecule has 0 aromatic rings. The molecule has 1 fully saturated rings. The van der Waals surface area contributed by atoms with E-state index < -0.39 is 36.6 Å². The molecule has 1 amide bonds. The molecular weight excluding hydrogens is 244 g/mol. The fraction of sp³-hybridized carbons (Fsp3) is 0.833. The van der Waals surface area contributed by atoms with E-state index in [9.17, 15) is 18.4 Å². The number of halogens is 2. The number of ether oxygens (including phenoxy) is 1. The molecule has 1 atom stereocenters. The van der Waals surface area contributed by atoms with Crippen LogP contribution in [0.2, 0.25) is 0 Å². The minimum absolute atomic E-state index is 0.167. The number of hydrogen-bond acceptors (Lipinski definition) is 3. The first kappa shape index (κ1) is 14.9. The fourth-order valence-corrected chi connectivity index (χ4v) is 1.95. The highest BCUT2D eigenvalue weighted by Crippen LogP contribution is 2.34. The van der Waals surface area contributed by atoms with Gasteiger partial charge in [0, 0.05) is 18.9 Å². The van der Waals surface area contributed by atoms with E-state index in [1.807, 2.05) is 0 Å². The second-order valence-electron chi connectivity index (χ2n) is 5.57. The predicted molar refractivity (Wildman–Crippen MR) is 61.6 cm³/mol. The highest BCUT2D eigenvalue weighted by atomic mass is 19.3. The number of nitrogens with zero attached hydrogens (tertiary/aromatic N) is 1. The van der Waals surface area contributed by atoms with E-state index in [4.69, 9.17) is 4.74 Å². The van der Waals surface area contributed by atoms with E-state index in [1.54, 1.807) is 20.8 Å². The van der Waals surface area contributed by atoms with Crippen molar-refractivity contribution in [1.82, 2.24) is 4.90 Å². The number of likely N-dealkylation sites (tertiary alicyclic amines) is 1. The zero-order valence-electron chi connectivity index (χ0n) is 10.9. The Bertz CT molecular complexity index is 326. The Kier molecular flexibility index (Phi) is 4.29. The minimum Gasteiger partial charge on any atom is -0.444 e.